The smallest absolute Gasteiger partial charge is 0.277 e. The van der Waals surface area contributed by atoms with Crippen LogP contribution in [0.4, 0.5) is 0 Å². The van der Waals surface area contributed by atoms with Crippen molar-refractivity contribution in [2.24, 2.45) is 0 Å². The first kappa shape index (κ1) is 23.2. The lowest BCUT2D eigenvalue weighted by atomic mass is 9.92. The second kappa shape index (κ2) is 10.7. The van der Waals surface area contributed by atoms with Crippen LogP contribution in [0, 0.1) is 0 Å². The third-order valence-electron chi connectivity index (χ3n) is 5.95. The van der Waals surface area contributed by atoms with E-state index in [1.807, 2.05) is 36.4 Å². The normalized spacial score (nSPS) is 14.0. The Morgan fingerprint density at radius 2 is 1.76 bits per heavy atom. The third-order valence-corrected chi connectivity index (χ3v) is 5.95. The van der Waals surface area contributed by atoms with Gasteiger partial charge in [0.15, 0.2) is 11.4 Å². The number of hydrogen-bond acceptors (Lipinski definition) is 5. The van der Waals surface area contributed by atoms with Gasteiger partial charge in [-0.1, -0.05) is 67.6 Å². The number of rotatable bonds is 9. The van der Waals surface area contributed by atoms with Gasteiger partial charge in [-0.25, -0.2) is 0 Å². The summed E-state index contributed by atoms with van der Waals surface area (Å²) in [4.78, 5) is 25.8. The molecule has 1 aromatic heterocycles. The van der Waals surface area contributed by atoms with E-state index in [9.17, 15) is 14.7 Å². The highest BCUT2D eigenvalue weighted by Crippen LogP contribution is 2.31. The molecule has 0 unspecified atom stereocenters. The molecule has 7 heteroatoms. The molecule has 2 heterocycles. The molecule has 3 aromatic rings. The van der Waals surface area contributed by atoms with Crippen LogP contribution in [0.25, 0.3) is 0 Å². The molecule has 0 bridgehead atoms. The molecule has 2 aromatic carbocycles. The molecule has 34 heavy (non-hydrogen) atoms. The summed E-state index contributed by atoms with van der Waals surface area (Å²) >= 11 is 0. The fourth-order valence-corrected chi connectivity index (χ4v) is 4.02. The van der Waals surface area contributed by atoms with Crippen molar-refractivity contribution in [1.29, 1.82) is 0 Å². The van der Waals surface area contributed by atoms with E-state index in [2.05, 4.69) is 42.7 Å². The first-order chi connectivity index (χ1) is 16.6. The number of pyridine rings is 1. The van der Waals surface area contributed by atoms with Crippen molar-refractivity contribution in [1.82, 2.24) is 9.58 Å². The van der Waals surface area contributed by atoms with Gasteiger partial charge in [-0.2, -0.15) is 0 Å². The van der Waals surface area contributed by atoms with Crippen molar-refractivity contribution in [2.45, 2.75) is 25.7 Å². The Bertz CT molecular complexity index is 1220. The second-order valence-corrected chi connectivity index (χ2v) is 8.20. The zero-order chi connectivity index (χ0) is 23.9. The van der Waals surface area contributed by atoms with E-state index >= 15 is 0 Å². The Labute approximate surface area is 198 Å². The van der Waals surface area contributed by atoms with Gasteiger partial charge in [-0.05, 0) is 24.5 Å². The molecular weight excluding hydrogens is 430 g/mol. The highest BCUT2D eigenvalue weighted by molar-refractivity contribution is 5.96. The standard InChI is InChI=1S/C27H29N3O4/c1-20(21-11-5-4-6-12-21)22-13-7-8-14-24(22)34-18-10-3-2-9-16-29-19-28-30-17-15-23(31)26(32)25(30)27(29)33/h2-8,11-15,17,20,28,32H,9-10,16,18-19H2,1H3/b3-2-/t20-/m1/s1. The number of nitrogens with zero attached hydrogens (tertiary/aromatic N) is 2. The van der Waals surface area contributed by atoms with Crippen molar-refractivity contribution in [3.63, 3.8) is 0 Å². The molecule has 0 radical (unpaired) electrons. The number of benzene rings is 2. The summed E-state index contributed by atoms with van der Waals surface area (Å²) in [5, 5.41) is 9.96. The monoisotopic (exact) mass is 459 g/mol. The van der Waals surface area contributed by atoms with Crippen LogP contribution >= 0.6 is 0 Å². The topological polar surface area (TPSA) is 83.8 Å². The maximum atomic E-state index is 12.6. The van der Waals surface area contributed by atoms with Crippen LogP contribution in [-0.2, 0) is 0 Å². The number of ether oxygens (including phenoxy) is 1. The zero-order valence-electron chi connectivity index (χ0n) is 19.2. The van der Waals surface area contributed by atoms with Crippen LogP contribution in [0.15, 0.2) is 83.8 Å². The summed E-state index contributed by atoms with van der Waals surface area (Å²) in [5.74, 6) is 0.240. The minimum Gasteiger partial charge on any atom is -0.502 e. The highest BCUT2D eigenvalue weighted by Gasteiger charge is 2.27. The summed E-state index contributed by atoms with van der Waals surface area (Å²) in [6, 6.07) is 19.7. The number of amides is 1. The highest BCUT2D eigenvalue weighted by atomic mass is 16.5. The summed E-state index contributed by atoms with van der Waals surface area (Å²) < 4.78 is 7.46. The van der Waals surface area contributed by atoms with Crippen LogP contribution < -0.4 is 15.6 Å². The van der Waals surface area contributed by atoms with Gasteiger partial charge in [-0.15, -0.1) is 0 Å². The molecular formula is C27H29N3O4. The van der Waals surface area contributed by atoms with E-state index in [0.717, 1.165) is 17.7 Å². The largest absolute Gasteiger partial charge is 0.502 e. The Morgan fingerprint density at radius 3 is 2.59 bits per heavy atom. The number of aromatic hydroxyl groups is 1. The molecule has 0 saturated carbocycles. The number of aromatic nitrogens is 1. The quantitative estimate of drug-likeness (QED) is 0.372. The summed E-state index contributed by atoms with van der Waals surface area (Å²) in [6.45, 7) is 3.52. The van der Waals surface area contributed by atoms with Crippen LogP contribution in [0.2, 0.25) is 0 Å². The Hall–Kier alpha value is -4.00. The van der Waals surface area contributed by atoms with Gasteiger partial charge in [0.1, 0.15) is 12.4 Å². The number of hydrogen-bond donors (Lipinski definition) is 2. The fraction of sp³-hybridized carbons (Fsp3) is 0.259. The summed E-state index contributed by atoms with van der Waals surface area (Å²) in [5.41, 5.74) is 4.81. The predicted molar refractivity (Wildman–Crippen MR) is 132 cm³/mol. The summed E-state index contributed by atoms with van der Waals surface area (Å²) in [6.07, 6.45) is 6.92. The first-order valence-corrected chi connectivity index (χ1v) is 11.5. The average molecular weight is 460 g/mol. The molecule has 4 rings (SSSR count). The molecule has 0 saturated heterocycles. The lowest BCUT2D eigenvalue weighted by molar-refractivity contribution is 0.0725. The van der Waals surface area contributed by atoms with Gasteiger partial charge in [-0.3, -0.25) is 14.3 Å². The first-order valence-electron chi connectivity index (χ1n) is 11.5. The lowest BCUT2D eigenvalue weighted by Gasteiger charge is -2.30. The van der Waals surface area contributed by atoms with Crippen LogP contribution in [0.3, 0.4) is 0 Å². The molecule has 7 nitrogen and oxygen atoms in total. The van der Waals surface area contributed by atoms with Gasteiger partial charge < -0.3 is 20.2 Å². The van der Waals surface area contributed by atoms with Crippen molar-refractivity contribution in [3.05, 3.63) is 106 Å². The lowest BCUT2D eigenvalue weighted by Crippen LogP contribution is -2.46. The SMILES string of the molecule is C[C@H](c1ccccc1)c1ccccc1OCC/C=C\CCN1CNn2ccc(=O)c(O)c2C1=O. The Kier molecular flexibility index (Phi) is 7.32. The maximum absolute atomic E-state index is 12.6. The molecule has 0 fully saturated rings. The van der Waals surface area contributed by atoms with Gasteiger partial charge in [0.05, 0.1) is 6.61 Å². The van der Waals surface area contributed by atoms with Crippen LogP contribution in [0.5, 0.6) is 11.5 Å². The van der Waals surface area contributed by atoms with E-state index in [-0.39, 0.29) is 17.5 Å². The van der Waals surface area contributed by atoms with E-state index in [0.29, 0.717) is 26.2 Å². The van der Waals surface area contributed by atoms with E-state index in [1.165, 1.54) is 22.5 Å². The third kappa shape index (κ3) is 5.14. The van der Waals surface area contributed by atoms with Gasteiger partial charge in [0, 0.05) is 30.3 Å². The molecule has 1 amide bonds. The number of para-hydroxylation sites is 1. The van der Waals surface area contributed by atoms with Crippen molar-refractivity contribution >= 4 is 5.91 Å². The molecule has 0 spiro atoms. The fourth-order valence-electron chi connectivity index (χ4n) is 4.02. The van der Waals surface area contributed by atoms with Gasteiger partial charge in [0.2, 0.25) is 5.43 Å². The minimum absolute atomic E-state index is 0.0282. The summed E-state index contributed by atoms with van der Waals surface area (Å²) in [7, 11) is 0. The average Bonchev–Trinajstić information content (AvgIpc) is 2.87. The van der Waals surface area contributed by atoms with Crippen LogP contribution in [-0.4, -0.2) is 40.4 Å². The Morgan fingerprint density at radius 1 is 1.03 bits per heavy atom. The van der Waals surface area contributed by atoms with Crippen molar-refractivity contribution < 1.29 is 14.6 Å². The number of carbonyl (C=O) groups excluding carboxylic acids is 1. The van der Waals surface area contributed by atoms with E-state index < -0.39 is 11.2 Å². The van der Waals surface area contributed by atoms with Gasteiger partial charge >= 0.3 is 0 Å². The van der Waals surface area contributed by atoms with Crippen LogP contribution in [0.1, 0.15) is 47.3 Å². The van der Waals surface area contributed by atoms with Crippen molar-refractivity contribution in [3.8, 4) is 11.5 Å². The van der Waals surface area contributed by atoms with Gasteiger partial charge in [0.25, 0.3) is 5.91 Å². The number of nitrogens with one attached hydrogen (secondary N) is 1. The minimum atomic E-state index is -0.567. The molecule has 1 aliphatic heterocycles. The molecule has 176 valence electrons. The molecule has 0 aliphatic carbocycles. The molecule has 1 atom stereocenters. The van der Waals surface area contributed by atoms with Crippen molar-refractivity contribution in [2.75, 3.05) is 25.2 Å². The van der Waals surface area contributed by atoms with E-state index in [1.54, 1.807) is 4.90 Å². The molecule has 2 N–H and O–H groups in total. The predicted octanol–water partition coefficient (Wildman–Crippen LogP) is 4.08. The molecule has 1 aliphatic rings. The van der Waals surface area contributed by atoms with E-state index in [4.69, 9.17) is 4.74 Å². The maximum Gasteiger partial charge on any atom is 0.277 e. The Balaban J connectivity index is 1.25. The number of carbonyl (C=O) groups is 1. The second-order valence-electron chi connectivity index (χ2n) is 8.20. The zero-order valence-corrected chi connectivity index (χ0v) is 19.2. The number of fused-ring (bicyclic) bond motifs is 1.